The lowest BCUT2D eigenvalue weighted by Gasteiger charge is -2.05. The molecule has 2 aromatic rings. The molecule has 1 aliphatic rings. The van der Waals surface area contributed by atoms with Crippen LogP contribution in [0.2, 0.25) is 0 Å². The van der Waals surface area contributed by atoms with Crippen molar-refractivity contribution in [3.8, 4) is 0 Å². The monoisotopic (exact) mass is 364 g/mol. The highest BCUT2D eigenvalue weighted by Gasteiger charge is 2.26. The summed E-state index contributed by atoms with van der Waals surface area (Å²) in [6, 6.07) is 7.83. The summed E-state index contributed by atoms with van der Waals surface area (Å²) in [6.45, 7) is 1.91. The number of anilines is 1. The Hall–Kier alpha value is -2.58. The summed E-state index contributed by atoms with van der Waals surface area (Å²) in [5.41, 5.74) is 0.976. The summed E-state index contributed by atoms with van der Waals surface area (Å²) in [7, 11) is -3.64. The van der Waals surface area contributed by atoms with Crippen LogP contribution in [0, 0.1) is 11.6 Å². The molecular formula is C17H14F2N2O3S. The maximum absolute atomic E-state index is 13.5. The first kappa shape index (κ1) is 17.2. The summed E-state index contributed by atoms with van der Waals surface area (Å²) < 4.78 is 53.3. The lowest BCUT2D eigenvalue weighted by atomic mass is 10.0. The smallest absolute Gasteiger partial charge is 0.256 e. The highest BCUT2D eigenvalue weighted by atomic mass is 32.2. The normalized spacial score (nSPS) is 15.3. The van der Waals surface area contributed by atoms with Crippen LogP contribution in [0.15, 0.2) is 41.3 Å². The molecule has 3 rings (SSSR count). The van der Waals surface area contributed by atoms with Crippen LogP contribution in [0.4, 0.5) is 14.5 Å². The van der Waals surface area contributed by atoms with E-state index in [0.717, 1.165) is 12.1 Å². The van der Waals surface area contributed by atoms with Crippen molar-refractivity contribution in [1.82, 2.24) is 4.72 Å². The standard InChI is InChI=1S/C17H14F2N2O3S/c1-2-20-25(23,24)11-5-3-4-10(6-11)7-13-12-8-14(18)15(19)9-16(12)21-17(13)22/h3-9,20H,2H2,1H3,(H,21,22). The van der Waals surface area contributed by atoms with Crippen molar-refractivity contribution in [2.45, 2.75) is 11.8 Å². The fourth-order valence-corrected chi connectivity index (χ4v) is 3.64. The molecule has 2 aromatic carbocycles. The van der Waals surface area contributed by atoms with E-state index in [2.05, 4.69) is 10.0 Å². The number of amides is 1. The van der Waals surface area contributed by atoms with Gasteiger partial charge in [-0.15, -0.1) is 0 Å². The molecule has 2 N–H and O–H groups in total. The molecule has 0 bridgehead atoms. The Bertz CT molecular complexity index is 1000. The van der Waals surface area contributed by atoms with Crippen LogP contribution in [0.3, 0.4) is 0 Å². The minimum Gasteiger partial charge on any atom is -0.321 e. The molecular weight excluding hydrogens is 350 g/mol. The van der Waals surface area contributed by atoms with Gasteiger partial charge in [0.25, 0.3) is 5.91 Å². The van der Waals surface area contributed by atoms with Gasteiger partial charge in [0, 0.05) is 23.7 Å². The first-order chi connectivity index (χ1) is 11.8. The van der Waals surface area contributed by atoms with E-state index in [0.29, 0.717) is 5.56 Å². The molecule has 0 radical (unpaired) electrons. The minimum atomic E-state index is -3.64. The number of sulfonamides is 1. The number of hydrogen-bond acceptors (Lipinski definition) is 3. The zero-order valence-electron chi connectivity index (χ0n) is 13.1. The highest BCUT2D eigenvalue weighted by molar-refractivity contribution is 7.89. The number of benzene rings is 2. The van der Waals surface area contributed by atoms with E-state index in [-0.39, 0.29) is 28.3 Å². The van der Waals surface area contributed by atoms with E-state index in [1.54, 1.807) is 13.0 Å². The lowest BCUT2D eigenvalue weighted by molar-refractivity contribution is -0.110. The molecule has 130 valence electrons. The van der Waals surface area contributed by atoms with Crippen LogP contribution in [-0.4, -0.2) is 20.9 Å². The van der Waals surface area contributed by atoms with E-state index in [1.807, 2.05) is 0 Å². The molecule has 25 heavy (non-hydrogen) atoms. The summed E-state index contributed by atoms with van der Waals surface area (Å²) in [5.74, 6) is -2.64. The predicted octanol–water partition coefficient (Wildman–Crippen LogP) is 2.76. The van der Waals surface area contributed by atoms with E-state index in [4.69, 9.17) is 0 Å². The molecule has 0 saturated carbocycles. The Balaban J connectivity index is 2.06. The van der Waals surface area contributed by atoms with Gasteiger partial charge in [0.15, 0.2) is 11.6 Å². The SMILES string of the molecule is CCNS(=O)(=O)c1cccc(C=C2C(=O)Nc3cc(F)c(F)cc32)c1. The summed E-state index contributed by atoms with van der Waals surface area (Å²) in [5, 5.41) is 2.46. The molecule has 1 heterocycles. The topological polar surface area (TPSA) is 75.3 Å². The van der Waals surface area contributed by atoms with Gasteiger partial charge in [-0.25, -0.2) is 21.9 Å². The average Bonchev–Trinajstić information content (AvgIpc) is 2.84. The third-order valence-corrected chi connectivity index (χ3v) is 5.20. The molecule has 0 unspecified atom stereocenters. The maximum Gasteiger partial charge on any atom is 0.256 e. The van der Waals surface area contributed by atoms with Gasteiger partial charge in [-0.05, 0) is 29.8 Å². The molecule has 0 fully saturated rings. The first-order valence-corrected chi connectivity index (χ1v) is 8.92. The second-order valence-electron chi connectivity index (χ2n) is 5.40. The van der Waals surface area contributed by atoms with E-state index in [1.165, 1.54) is 24.3 Å². The van der Waals surface area contributed by atoms with Gasteiger partial charge in [0.2, 0.25) is 10.0 Å². The number of halogens is 2. The number of fused-ring (bicyclic) bond motifs is 1. The number of rotatable bonds is 4. The molecule has 5 nitrogen and oxygen atoms in total. The van der Waals surface area contributed by atoms with Crippen molar-refractivity contribution in [3.05, 3.63) is 59.2 Å². The van der Waals surface area contributed by atoms with Crippen molar-refractivity contribution in [2.24, 2.45) is 0 Å². The predicted molar refractivity (Wildman–Crippen MR) is 90.2 cm³/mol. The number of carbonyl (C=O) groups is 1. The molecule has 0 aliphatic carbocycles. The largest absolute Gasteiger partial charge is 0.321 e. The molecule has 0 spiro atoms. The van der Waals surface area contributed by atoms with Crippen LogP contribution in [0.1, 0.15) is 18.1 Å². The van der Waals surface area contributed by atoms with Crippen molar-refractivity contribution in [3.63, 3.8) is 0 Å². The Morgan fingerprint density at radius 2 is 1.88 bits per heavy atom. The number of nitrogens with one attached hydrogen (secondary N) is 2. The third kappa shape index (κ3) is 3.31. The molecule has 1 amide bonds. The summed E-state index contributed by atoms with van der Waals surface area (Å²) in [4.78, 5) is 12.1. The molecule has 0 atom stereocenters. The Kier molecular flexibility index (Phi) is 4.40. The highest BCUT2D eigenvalue weighted by Crippen LogP contribution is 2.34. The van der Waals surface area contributed by atoms with Crippen molar-refractivity contribution >= 4 is 33.3 Å². The number of hydrogen-bond donors (Lipinski definition) is 2. The molecule has 1 aliphatic heterocycles. The average molecular weight is 364 g/mol. The van der Waals surface area contributed by atoms with E-state index < -0.39 is 27.6 Å². The maximum atomic E-state index is 13.5. The second kappa shape index (κ2) is 6.38. The third-order valence-electron chi connectivity index (χ3n) is 3.66. The van der Waals surface area contributed by atoms with Crippen LogP contribution < -0.4 is 10.0 Å². The molecule has 0 aromatic heterocycles. The second-order valence-corrected chi connectivity index (χ2v) is 7.16. The Labute approximate surface area is 143 Å². The molecule has 0 saturated heterocycles. The van der Waals surface area contributed by atoms with Crippen LogP contribution in [0.25, 0.3) is 11.6 Å². The fourth-order valence-electron chi connectivity index (χ4n) is 2.54. The number of carbonyl (C=O) groups excluding carboxylic acids is 1. The van der Waals surface area contributed by atoms with Gasteiger partial charge < -0.3 is 5.32 Å². The van der Waals surface area contributed by atoms with Crippen molar-refractivity contribution in [1.29, 1.82) is 0 Å². The Morgan fingerprint density at radius 3 is 2.60 bits per heavy atom. The lowest BCUT2D eigenvalue weighted by Crippen LogP contribution is -2.23. The van der Waals surface area contributed by atoms with Gasteiger partial charge in [-0.3, -0.25) is 4.79 Å². The van der Waals surface area contributed by atoms with Gasteiger partial charge >= 0.3 is 0 Å². The summed E-state index contributed by atoms with van der Waals surface area (Å²) >= 11 is 0. The zero-order valence-corrected chi connectivity index (χ0v) is 14.0. The van der Waals surface area contributed by atoms with E-state index >= 15 is 0 Å². The quantitative estimate of drug-likeness (QED) is 0.819. The molecule has 8 heteroatoms. The van der Waals surface area contributed by atoms with Crippen LogP contribution in [0.5, 0.6) is 0 Å². The Morgan fingerprint density at radius 1 is 1.16 bits per heavy atom. The van der Waals surface area contributed by atoms with Crippen LogP contribution >= 0.6 is 0 Å². The van der Waals surface area contributed by atoms with Gasteiger partial charge in [-0.2, -0.15) is 0 Å². The van der Waals surface area contributed by atoms with Crippen LogP contribution in [-0.2, 0) is 14.8 Å². The van der Waals surface area contributed by atoms with Gasteiger partial charge in [0.1, 0.15) is 0 Å². The van der Waals surface area contributed by atoms with E-state index in [9.17, 15) is 22.0 Å². The first-order valence-electron chi connectivity index (χ1n) is 7.44. The van der Waals surface area contributed by atoms with Gasteiger partial charge in [0.05, 0.1) is 10.6 Å². The zero-order chi connectivity index (χ0) is 18.2. The fraction of sp³-hybridized carbons (Fsp3) is 0.118. The van der Waals surface area contributed by atoms with Crippen molar-refractivity contribution < 1.29 is 22.0 Å². The summed E-state index contributed by atoms with van der Waals surface area (Å²) in [6.07, 6.45) is 1.43. The minimum absolute atomic E-state index is 0.0487. The van der Waals surface area contributed by atoms with Crippen molar-refractivity contribution in [2.75, 3.05) is 11.9 Å². The van der Waals surface area contributed by atoms with Gasteiger partial charge in [-0.1, -0.05) is 19.1 Å².